The van der Waals surface area contributed by atoms with Gasteiger partial charge in [-0.3, -0.25) is 0 Å². The van der Waals surface area contributed by atoms with E-state index in [1.165, 1.54) is 44.9 Å². The number of unbranched alkanes of at least 4 members (excludes halogenated alkanes) is 7. The van der Waals surface area contributed by atoms with Crippen LogP contribution in [0.3, 0.4) is 0 Å². The topological polar surface area (TPSA) is 35.2 Å². The first kappa shape index (κ1) is 18.5. The maximum atomic E-state index is 5.98. The van der Waals surface area contributed by atoms with Crippen molar-refractivity contribution in [3.8, 4) is 5.75 Å². The summed E-state index contributed by atoms with van der Waals surface area (Å²) >= 11 is 3.49. The van der Waals surface area contributed by atoms with Crippen molar-refractivity contribution in [2.75, 3.05) is 6.61 Å². The van der Waals surface area contributed by atoms with Crippen LogP contribution < -0.4 is 10.5 Å². The van der Waals surface area contributed by atoms with Gasteiger partial charge in [0.25, 0.3) is 0 Å². The molecule has 2 nitrogen and oxygen atoms in total. The van der Waals surface area contributed by atoms with Crippen molar-refractivity contribution in [3.05, 3.63) is 28.2 Å². The van der Waals surface area contributed by atoms with Gasteiger partial charge in [-0.2, -0.15) is 0 Å². The monoisotopic (exact) mass is 355 g/mol. The van der Waals surface area contributed by atoms with Crippen LogP contribution in [-0.4, -0.2) is 6.61 Å². The van der Waals surface area contributed by atoms with Gasteiger partial charge in [0.15, 0.2) is 0 Å². The summed E-state index contributed by atoms with van der Waals surface area (Å²) in [5.74, 6) is 0.919. The van der Waals surface area contributed by atoms with Gasteiger partial charge < -0.3 is 10.5 Å². The van der Waals surface area contributed by atoms with Gasteiger partial charge in [0.2, 0.25) is 0 Å². The minimum atomic E-state index is 0.00617. The van der Waals surface area contributed by atoms with Gasteiger partial charge in [0, 0.05) is 16.1 Å². The Morgan fingerprint density at radius 2 is 1.67 bits per heavy atom. The first-order valence-corrected chi connectivity index (χ1v) is 9.12. The van der Waals surface area contributed by atoms with Gasteiger partial charge in [-0.1, -0.05) is 73.9 Å². The lowest BCUT2D eigenvalue weighted by Crippen LogP contribution is -2.08. The molecule has 3 heteroatoms. The number of benzene rings is 1. The van der Waals surface area contributed by atoms with Crippen LogP contribution in [0.4, 0.5) is 0 Å². The fraction of sp³-hybridized carbons (Fsp3) is 0.667. The quantitative estimate of drug-likeness (QED) is 0.494. The molecule has 0 spiro atoms. The maximum Gasteiger partial charge on any atom is 0.125 e. The molecule has 1 rings (SSSR count). The SMILES string of the molecule is CCCCCCCCCCOc1cc(Br)ccc1[C@@H](C)N. The zero-order chi connectivity index (χ0) is 15.5. The van der Waals surface area contributed by atoms with Gasteiger partial charge in [0.05, 0.1) is 6.61 Å². The van der Waals surface area contributed by atoms with Gasteiger partial charge in [-0.15, -0.1) is 0 Å². The van der Waals surface area contributed by atoms with Gasteiger partial charge in [0.1, 0.15) is 5.75 Å². The van der Waals surface area contributed by atoms with Crippen LogP contribution in [0.25, 0.3) is 0 Å². The maximum absolute atomic E-state index is 5.98. The average molecular weight is 356 g/mol. The van der Waals surface area contributed by atoms with Crippen LogP contribution in [0.5, 0.6) is 5.75 Å². The van der Waals surface area contributed by atoms with Crippen molar-refractivity contribution < 1.29 is 4.74 Å². The van der Waals surface area contributed by atoms with Crippen molar-refractivity contribution >= 4 is 15.9 Å². The second-order valence-electron chi connectivity index (χ2n) is 5.79. The number of hydrogen-bond acceptors (Lipinski definition) is 2. The summed E-state index contributed by atoms with van der Waals surface area (Å²) in [6, 6.07) is 6.08. The summed E-state index contributed by atoms with van der Waals surface area (Å²) < 4.78 is 6.95. The van der Waals surface area contributed by atoms with Crippen LogP contribution in [0.1, 0.15) is 76.8 Å². The Kier molecular flexibility index (Phi) is 9.77. The molecule has 21 heavy (non-hydrogen) atoms. The highest BCUT2D eigenvalue weighted by Crippen LogP contribution is 2.27. The Morgan fingerprint density at radius 3 is 2.29 bits per heavy atom. The second kappa shape index (κ2) is 11.1. The molecule has 0 aliphatic rings. The molecule has 0 bridgehead atoms. The zero-order valence-electron chi connectivity index (χ0n) is 13.5. The van der Waals surface area contributed by atoms with E-state index < -0.39 is 0 Å². The zero-order valence-corrected chi connectivity index (χ0v) is 15.1. The van der Waals surface area contributed by atoms with Crippen LogP contribution in [0.15, 0.2) is 22.7 Å². The second-order valence-corrected chi connectivity index (χ2v) is 6.71. The van der Waals surface area contributed by atoms with Crippen LogP contribution >= 0.6 is 15.9 Å². The third-order valence-electron chi connectivity index (χ3n) is 3.72. The van der Waals surface area contributed by atoms with E-state index >= 15 is 0 Å². The summed E-state index contributed by atoms with van der Waals surface area (Å²) in [4.78, 5) is 0. The molecule has 1 atom stereocenters. The van der Waals surface area contributed by atoms with E-state index in [2.05, 4.69) is 22.9 Å². The third kappa shape index (κ3) is 7.87. The fourth-order valence-electron chi connectivity index (χ4n) is 2.43. The molecule has 0 radical (unpaired) electrons. The molecule has 0 aromatic heterocycles. The molecule has 0 saturated heterocycles. The molecular weight excluding hydrogens is 326 g/mol. The molecule has 0 saturated carbocycles. The molecule has 1 aromatic carbocycles. The lowest BCUT2D eigenvalue weighted by atomic mass is 10.1. The molecule has 0 amide bonds. The molecule has 120 valence electrons. The number of ether oxygens (including phenoxy) is 1. The fourth-order valence-corrected chi connectivity index (χ4v) is 2.77. The molecule has 0 heterocycles. The summed E-state index contributed by atoms with van der Waals surface area (Å²) in [6.07, 6.45) is 10.5. The minimum Gasteiger partial charge on any atom is -0.493 e. The van der Waals surface area contributed by atoms with E-state index in [-0.39, 0.29) is 6.04 Å². The smallest absolute Gasteiger partial charge is 0.125 e. The first-order chi connectivity index (χ1) is 10.1. The predicted octanol–water partition coefficient (Wildman–Crippen LogP) is 5.99. The molecule has 1 aromatic rings. The van der Waals surface area contributed by atoms with Crippen molar-refractivity contribution in [1.82, 2.24) is 0 Å². The van der Waals surface area contributed by atoms with E-state index in [0.29, 0.717) is 0 Å². The summed E-state index contributed by atoms with van der Waals surface area (Å²) in [7, 11) is 0. The van der Waals surface area contributed by atoms with Gasteiger partial charge in [-0.25, -0.2) is 0 Å². The van der Waals surface area contributed by atoms with Gasteiger partial charge in [-0.05, 0) is 25.5 Å². The van der Waals surface area contributed by atoms with Crippen LogP contribution in [0.2, 0.25) is 0 Å². The summed E-state index contributed by atoms with van der Waals surface area (Å²) in [5.41, 5.74) is 7.06. The number of nitrogens with two attached hydrogens (primary N) is 1. The molecular formula is C18H30BrNO. The summed E-state index contributed by atoms with van der Waals surface area (Å²) in [6.45, 7) is 5.03. The Hall–Kier alpha value is -0.540. The number of hydrogen-bond donors (Lipinski definition) is 1. The van der Waals surface area contributed by atoms with Crippen molar-refractivity contribution in [2.24, 2.45) is 5.73 Å². The average Bonchev–Trinajstić information content (AvgIpc) is 2.45. The number of rotatable bonds is 11. The minimum absolute atomic E-state index is 0.00617. The molecule has 0 aliphatic heterocycles. The molecule has 0 unspecified atom stereocenters. The molecule has 0 aliphatic carbocycles. The Labute approximate surface area is 138 Å². The molecule has 2 N–H and O–H groups in total. The Bertz CT molecular complexity index is 393. The van der Waals surface area contributed by atoms with E-state index in [4.69, 9.17) is 10.5 Å². The molecule has 0 fully saturated rings. The normalized spacial score (nSPS) is 12.4. The summed E-state index contributed by atoms with van der Waals surface area (Å²) in [5, 5.41) is 0. The predicted molar refractivity (Wildman–Crippen MR) is 94.8 cm³/mol. The van der Waals surface area contributed by atoms with E-state index in [1.54, 1.807) is 0 Å². The van der Waals surface area contributed by atoms with E-state index in [1.807, 2.05) is 25.1 Å². The van der Waals surface area contributed by atoms with Crippen molar-refractivity contribution in [3.63, 3.8) is 0 Å². The van der Waals surface area contributed by atoms with Gasteiger partial charge >= 0.3 is 0 Å². The Morgan fingerprint density at radius 1 is 1.05 bits per heavy atom. The lowest BCUT2D eigenvalue weighted by Gasteiger charge is -2.14. The van der Waals surface area contributed by atoms with Crippen molar-refractivity contribution in [1.29, 1.82) is 0 Å². The lowest BCUT2D eigenvalue weighted by molar-refractivity contribution is 0.300. The number of halogens is 1. The van der Waals surface area contributed by atoms with E-state index in [0.717, 1.165) is 28.8 Å². The standard InChI is InChI=1S/C18H30BrNO/c1-3-4-5-6-7-8-9-10-13-21-18-14-16(19)11-12-17(18)15(2)20/h11-12,14-15H,3-10,13,20H2,1-2H3/t15-/m1/s1. The van der Waals surface area contributed by atoms with Crippen LogP contribution in [-0.2, 0) is 0 Å². The largest absolute Gasteiger partial charge is 0.493 e. The highest BCUT2D eigenvalue weighted by atomic mass is 79.9. The van der Waals surface area contributed by atoms with Crippen LogP contribution in [0, 0.1) is 0 Å². The highest BCUT2D eigenvalue weighted by molar-refractivity contribution is 9.10. The third-order valence-corrected chi connectivity index (χ3v) is 4.21. The van der Waals surface area contributed by atoms with Crippen molar-refractivity contribution in [2.45, 2.75) is 71.3 Å². The van der Waals surface area contributed by atoms with E-state index in [9.17, 15) is 0 Å². The first-order valence-electron chi connectivity index (χ1n) is 8.33. The highest BCUT2D eigenvalue weighted by Gasteiger charge is 2.08. The Balaban J connectivity index is 2.19.